The summed E-state index contributed by atoms with van der Waals surface area (Å²) in [6.07, 6.45) is 24.6. The number of aryl methyl sites for hydroxylation is 8. The van der Waals surface area contributed by atoms with Crippen molar-refractivity contribution in [1.82, 2.24) is 37.4 Å². The number of anilines is 4. The van der Waals surface area contributed by atoms with Crippen molar-refractivity contribution in [3.8, 4) is 0 Å². The number of hydrogen-bond acceptors (Lipinski definition) is 4. The summed E-state index contributed by atoms with van der Waals surface area (Å²) in [7, 11) is 0. The molecule has 76 heavy (non-hydrogen) atoms. The van der Waals surface area contributed by atoms with E-state index in [0.29, 0.717) is 0 Å². The van der Waals surface area contributed by atoms with Gasteiger partial charge < -0.3 is 0 Å². The standard InChI is InChI=1S/C64H70N12/c1-9-47-25-17-37-65(47)73(66-38-18-26-48(66)10-2)59-45-60(74(67-39-19-27-49(67)11-3)68-40-20-28-50(68)12-4)56-35-36-58-62(76(71-43-23-31-53(71)15-7)72-44-24-32-54(72)16-8)46-61(57-34-33-55(59)63(56)64(57)58)75(69-41-21-29-51(69)13-5)70-42-22-30-52(70)14-6/h17-46H,9-16H2,1-8H3. The third kappa shape index (κ3) is 7.55. The molecule has 12 nitrogen and oxygen atoms in total. The number of aromatic nitrogens is 8. The van der Waals surface area contributed by atoms with Crippen molar-refractivity contribution in [3.05, 3.63) is 229 Å². The molecule has 0 amide bonds. The lowest BCUT2D eigenvalue weighted by Crippen LogP contribution is -2.39. The third-order valence-corrected chi connectivity index (χ3v) is 15.7. The van der Waals surface area contributed by atoms with E-state index in [4.69, 9.17) is 0 Å². The number of nitrogens with zero attached hydrogens (tertiary/aromatic N) is 12. The van der Waals surface area contributed by atoms with Crippen molar-refractivity contribution < 1.29 is 0 Å². The molecule has 0 saturated heterocycles. The predicted molar refractivity (Wildman–Crippen MR) is 314 cm³/mol. The van der Waals surface area contributed by atoms with Crippen molar-refractivity contribution in [2.75, 3.05) is 20.5 Å². The molecule has 0 saturated carbocycles. The maximum atomic E-state index is 2.45. The first kappa shape index (κ1) is 48.3. The summed E-state index contributed by atoms with van der Waals surface area (Å²) >= 11 is 0. The Morgan fingerprint density at radius 2 is 0.395 bits per heavy atom. The lowest BCUT2D eigenvalue weighted by Gasteiger charge is -2.37. The molecule has 0 aliphatic heterocycles. The maximum absolute atomic E-state index is 2.45. The Kier molecular flexibility index (Phi) is 12.6. The minimum absolute atomic E-state index is 0.860. The second-order valence-electron chi connectivity index (χ2n) is 19.6. The molecule has 12 rings (SSSR count). The molecule has 12 aromatic rings. The largest absolute Gasteiger partial charge is 0.246 e. The number of benzene rings is 4. The van der Waals surface area contributed by atoms with Crippen molar-refractivity contribution >= 4 is 55.1 Å². The predicted octanol–water partition coefficient (Wildman–Crippen LogP) is 14.4. The maximum Gasteiger partial charge on any atom is 0.0924 e. The summed E-state index contributed by atoms with van der Waals surface area (Å²) in [5.41, 5.74) is 13.9. The summed E-state index contributed by atoms with van der Waals surface area (Å²) in [5, 5.41) is 16.6. The summed E-state index contributed by atoms with van der Waals surface area (Å²) in [6.45, 7) is 18.0. The Morgan fingerprint density at radius 3 is 0.539 bits per heavy atom. The molecule has 0 aliphatic carbocycles. The highest BCUT2D eigenvalue weighted by Crippen LogP contribution is 2.50. The highest BCUT2D eigenvalue weighted by atomic mass is 15.8. The molecule has 12 heteroatoms. The zero-order chi connectivity index (χ0) is 52.2. The van der Waals surface area contributed by atoms with Gasteiger partial charge in [0.05, 0.1) is 22.7 Å². The Bertz CT molecular complexity index is 3280. The van der Waals surface area contributed by atoms with Crippen LogP contribution in [0, 0.1) is 0 Å². The van der Waals surface area contributed by atoms with Gasteiger partial charge in [0, 0.05) is 127 Å². The first-order chi connectivity index (χ1) is 37.4. The van der Waals surface area contributed by atoms with E-state index >= 15 is 0 Å². The van der Waals surface area contributed by atoms with Crippen LogP contribution in [0.3, 0.4) is 0 Å². The van der Waals surface area contributed by atoms with Crippen molar-refractivity contribution in [3.63, 3.8) is 0 Å². The van der Waals surface area contributed by atoms with Crippen molar-refractivity contribution in [2.45, 2.75) is 107 Å². The molecule has 0 N–H and O–H groups in total. The quantitative estimate of drug-likeness (QED) is 0.0714. The van der Waals surface area contributed by atoms with Gasteiger partial charge in [-0.2, -0.15) is 20.5 Å². The molecule has 0 atom stereocenters. The van der Waals surface area contributed by atoms with Crippen LogP contribution >= 0.6 is 0 Å². The molecule has 8 aromatic heterocycles. The van der Waals surface area contributed by atoms with E-state index in [-0.39, 0.29) is 0 Å². The molecular formula is C64H70N12. The number of hydrogen-bond donors (Lipinski definition) is 0. The number of rotatable bonds is 20. The van der Waals surface area contributed by atoms with Gasteiger partial charge in [0.2, 0.25) is 0 Å². The second kappa shape index (κ2) is 19.9. The van der Waals surface area contributed by atoms with E-state index in [0.717, 1.165) is 95.7 Å². The van der Waals surface area contributed by atoms with E-state index < -0.39 is 0 Å². The summed E-state index contributed by atoms with van der Waals surface area (Å²) in [5.74, 6) is 0. The van der Waals surface area contributed by atoms with E-state index in [2.05, 4.69) is 296 Å². The molecule has 4 aromatic carbocycles. The zero-order valence-corrected chi connectivity index (χ0v) is 45.3. The van der Waals surface area contributed by atoms with Crippen LogP contribution in [0.2, 0.25) is 0 Å². The normalized spacial score (nSPS) is 11.8. The lowest BCUT2D eigenvalue weighted by molar-refractivity contribution is 0.566. The van der Waals surface area contributed by atoms with Crippen LogP contribution in [0.4, 0.5) is 22.7 Å². The Balaban J connectivity index is 1.32. The fourth-order valence-corrected chi connectivity index (χ4v) is 11.9. The van der Waals surface area contributed by atoms with Gasteiger partial charge in [-0.25, -0.2) is 37.4 Å². The molecule has 8 heterocycles. The molecule has 0 bridgehead atoms. The third-order valence-electron chi connectivity index (χ3n) is 15.7. The van der Waals surface area contributed by atoms with Gasteiger partial charge in [-0.15, -0.1) is 0 Å². The van der Waals surface area contributed by atoms with Crippen LogP contribution in [-0.4, -0.2) is 37.4 Å². The van der Waals surface area contributed by atoms with Crippen LogP contribution in [0.5, 0.6) is 0 Å². The van der Waals surface area contributed by atoms with Crippen LogP contribution in [0.1, 0.15) is 101 Å². The van der Waals surface area contributed by atoms with E-state index in [1.165, 1.54) is 56.3 Å². The van der Waals surface area contributed by atoms with E-state index in [1.54, 1.807) is 0 Å². The van der Waals surface area contributed by atoms with Gasteiger partial charge in [-0.1, -0.05) is 79.7 Å². The Morgan fingerprint density at radius 1 is 0.237 bits per heavy atom. The Labute approximate surface area is 446 Å². The average Bonchev–Trinajstić information content (AvgIpc) is 4.43. The first-order valence-electron chi connectivity index (χ1n) is 27.7. The highest BCUT2D eigenvalue weighted by molar-refractivity contribution is 6.31. The summed E-state index contributed by atoms with van der Waals surface area (Å²) < 4.78 is 18.8. The van der Waals surface area contributed by atoms with Gasteiger partial charge in [0.1, 0.15) is 0 Å². The fourth-order valence-electron chi connectivity index (χ4n) is 11.9. The molecule has 386 valence electrons. The smallest absolute Gasteiger partial charge is 0.0924 e. The summed E-state index contributed by atoms with van der Waals surface area (Å²) in [6, 6.07) is 50.0. The van der Waals surface area contributed by atoms with Crippen molar-refractivity contribution in [2.24, 2.45) is 0 Å². The summed E-state index contributed by atoms with van der Waals surface area (Å²) in [4.78, 5) is 0. The Hall–Kier alpha value is -8.64. The van der Waals surface area contributed by atoms with Crippen LogP contribution in [-0.2, 0) is 51.4 Å². The van der Waals surface area contributed by atoms with Crippen LogP contribution < -0.4 is 20.5 Å². The van der Waals surface area contributed by atoms with Gasteiger partial charge in [-0.05, 0) is 161 Å². The van der Waals surface area contributed by atoms with E-state index in [1.807, 2.05) is 0 Å². The average molecular weight is 1010 g/mol. The second-order valence-corrected chi connectivity index (χ2v) is 19.6. The van der Waals surface area contributed by atoms with Crippen LogP contribution in [0.15, 0.2) is 183 Å². The minimum Gasteiger partial charge on any atom is -0.246 e. The molecule has 0 spiro atoms. The molecular weight excluding hydrogens is 937 g/mol. The monoisotopic (exact) mass is 1010 g/mol. The van der Waals surface area contributed by atoms with Gasteiger partial charge >= 0.3 is 0 Å². The molecule has 0 radical (unpaired) electrons. The zero-order valence-electron chi connectivity index (χ0n) is 45.3. The topological polar surface area (TPSA) is 52.4 Å². The van der Waals surface area contributed by atoms with Crippen LogP contribution in [0.25, 0.3) is 32.3 Å². The lowest BCUT2D eigenvalue weighted by atomic mass is 9.90. The molecule has 0 fully saturated rings. The van der Waals surface area contributed by atoms with Gasteiger partial charge in [0.25, 0.3) is 0 Å². The molecule has 0 aliphatic rings. The van der Waals surface area contributed by atoms with E-state index in [9.17, 15) is 0 Å². The molecule has 0 unspecified atom stereocenters. The highest BCUT2D eigenvalue weighted by Gasteiger charge is 2.31. The minimum atomic E-state index is 0.860. The first-order valence-corrected chi connectivity index (χ1v) is 27.7. The van der Waals surface area contributed by atoms with Gasteiger partial charge in [0.15, 0.2) is 0 Å². The fraction of sp³-hybridized carbons (Fsp3) is 0.250. The SMILES string of the molecule is CCc1cccn1N(c1cc(N(n2cccc2CC)n2cccc2CC)c2ccc3c(N(n4cccc4CC)n4cccc4CC)cc(N(n4cccc4CC)n4cccc4CC)c4ccc1c2c43)n1cccc1CC. The van der Waals surface area contributed by atoms with Gasteiger partial charge in [-0.3, -0.25) is 0 Å². The van der Waals surface area contributed by atoms with Crippen molar-refractivity contribution in [1.29, 1.82) is 0 Å².